The lowest BCUT2D eigenvalue weighted by atomic mass is 9.78. The summed E-state index contributed by atoms with van der Waals surface area (Å²) in [7, 11) is 1.61. The van der Waals surface area contributed by atoms with Gasteiger partial charge in [0.25, 0.3) is 5.91 Å². The van der Waals surface area contributed by atoms with E-state index in [0.717, 1.165) is 31.5 Å². The maximum atomic E-state index is 11.1. The van der Waals surface area contributed by atoms with Crippen LogP contribution in [0.25, 0.3) is 0 Å². The molecule has 2 aromatic rings. The molecule has 174 valence electrons. The van der Waals surface area contributed by atoms with E-state index in [1.807, 2.05) is 18.2 Å². The Hall–Kier alpha value is -2.57. The van der Waals surface area contributed by atoms with E-state index in [-0.39, 0.29) is 17.7 Å². The molecule has 6 heteroatoms. The van der Waals surface area contributed by atoms with E-state index in [1.54, 1.807) is 7.11 Å². The van der Waals surface area contributed by atoms with Crippen molar-refractivity contribution in [1.82, 2.24) is 10.2 Å². The predicted octanol–water partition coefficient (Wildman–Crippen LogP) is 3.87. The molecule has 6 nitrogen and oxygen atoms in total. The molecule has 2 aromatic carbocycles. The lowest BCUT2D eigenvalue weighted by molar-refractivity contribution is -0.119. The first-order valence-electron chi connectivity index (χ1n) is 11.2. The predicted molar refractivity (Wildman–Crippen MR) is 128 cm³/mol. The molecule has 0 bridgehead atoms. The van der Waals surface area contributed by atoms with Crippen molar-refractivity contribution in [2.75, 3.05) is 13.7 Å². The topological polar surface area (TPSA) is 76.8 Å². The lowest BCUT2D eigenvalue weighted by Crippen LogP contribution is -2.62. The van der Waals surface area contributed by atoms with Gasteiger partial charge in [0, 0.05) is 30.2 Å². The van der Waals surface area contributed by atoms with Crippen LogP contribution < -0.4 is 20.5 Å². The van der Waals surface area contributed by atoms with Gasteiger partial charge in [-0.2, -0.15) is 0 Å². The van der Waals surface area contributed by atoms with Crippen molar-refractivity contribution >= 4 is 5.91 Å². The van der Waals surface area contributed by atoms with E-state index in [1.165, 1.54) is 5.56 Å². The van der Waals surface area contributed by atoms with E-state index in [2.05, 4.69) is 68.2 Å². The Balaban J connectivity index is 1.86. The number of benzene rings is 2. The molecular weight excluding hydrogens is 402 g/mol. The van der Waals surface area contributed by atoms with Crippen molar-refractivity contribution in [2.24, 2.45) is 5.73 Å². The zero-order valence-corrected chi connectivity index (χ0v) is 20.0. The normalized spacial score (nSPS) is 17.8. The molecular formula is C26H37N3O3. The van der Waals surface area contributed by atoms with Crippen LogP contribution >= 0.6 is 0 Å². The second-order valence-corrected chi connectivity index (χ2v) is 10.1. The first-order chi connectivity index (χ1) is 15.1. The number of hydrogen-bond donors (Lipinski definition) is 2. The molecule has 0 aromatic heterocycles. The minimum atomic E-state index is -0.513. The van der Waals surface area contributed by atoms with Gasteiger partial charge in [0.2, 0.25) is 0 Å². The number of nitrogens with two attached hydrogens (primary N) is 1. The molecule has 0 radical (unpaired) electrons. The number of nitrogens with zero attached hydrogens (tertiary/aromatic N) is 1. The van der Waals surface area contributed by atoms with Gasteiger partial charge in [-0.3, -0.25) is 9.69 Å². The van der Waals surface area contributed by atoms with Crippen molar-refractivity contribution in [1.29, 1.82) is 0 Å². The van der Waals surface area contributed by atoms with Crippen molar-refractivity contribution in [3.8, 4) is 11.5 Å². The Kier molecular flexibility index (Phi) is 7.47. The van der Waals surface area contributed by atoms with Gasteiger partial charge < -0.3 is 20.5 Å². The number of piperidine rings is 1. The summed E-state index contributed by atoms with van der Waals surface area (Å²) in [4.78, 5) is 13.7. The molecule has 0 aliphatic carbocycles. The summed E-state index contributed by atoms with van der Waals surface area (Å²) in [5, 5.41) is 3.79. The van der Waals surface area contributed by atoms with Gasteiger partial charge in [-0.15, -0.1) is 0 Å². The third kappa shape index (κ3) is 6.71. The van der Waals surface area contributed by atoms with Crippen molar-refractivity contribution < 1.29 is 14.3 Å². The molecule has 1 amide bonds. The highest BCUT2D eigenvalue weighted by Gasteiger charge is 2.39. The Bertz CT molecular complexity index is 896. The fourth-order valence-corrected chi connectivity index (χ4v) is 4.97. The van der Waals surface area contributed by atoms with Gasteiger partial charge in [0.05, 0.1) is 7.11 Å². The summed E-state index contributed by atoms with van der Waals surface area (Å²) in [5.74, 6) is 0.615. The zero-order valence-electron chi connectivity index (χ0n) is 20.0. The molecule has 1 heterocycles. The van der Waals surface area contributed by atoms with E-state index in [4.69, 9.17) is 15.2 Å². The Labute approximate surface area is 192 Å². The van der Waals surface area contributed by atoms with Gasteiger partial charge in [0.15, 0.2) is 18.1 Å². The van der Waals surface area contributed by atoms with Crippen molar-refractivity contribution in [3.63, 3.8) is 0 Å². The van der Waals surface area contributed by atoms with Gasteiger partial charge in [0.1, 0.15) is 0 Å². The highest BCUT2D eigenvalue weighted by atomic mass is 16.5. The maximum Gasteiger partial charge on any atom is 0.255 e. The summed E-state index contributed by atoms with van der Waals surface area (Å²) >= 11 is 0. The third-order valence-corrected chi connectivity index (χ3v) is 5.90. The SMILES string of the molecule is COc1cc(CN(Cc2ccccc2)C2CC(C)(C)NC(C)(C)C2)ccc1OCC(N)=O. The average Bonchev–Trinajstić information content (AvgIpc) is 2.70. The van der Waals surface area contributed by atoms with Crippen LogP contribution in [0.15, 0.2) is 48.5 Å². The van der Waals surface area contributed by atoms with E-state index < -0.39 is 5.91 Å². The zero-order chi connectivity index (χ0) is 23.4. The molecule has 1 aliphatic rings. The maximum absolute atomic E-state index is 11.1. The largest absolute Gasteiger partial charge is 0.493 e. The smallest absolute Gasteiger partial charge is 0.255 e. The molecule has 0 atom stereocenters. The van der Waals surface area contributed by atoms with Crippen LogP contribution in [0.5, 0.6) is 11.5 Å². The lowest BCUT2D eigenvalue weighted by Gasteiger charge is -2.49. The number of methoxy groups -OCH3 is 1. The van der Waals surface area contributed by atoms with Crippen LogP contribution in [0, 0.1) is 0 Å². The molecule has 0 unspecified atom stereocenters. The average molecular weight is 440 g/mol. The number of primary amides is 1. The van der Waals surface area contributed by atoms with E-state index in [0.29, 0.717) is 17.5 Å². The molecule has 0 saturated carbocycles. The van der Waals surface area contributed by atoms with Gasteiger partial charge in [-0.1, -0.05) is 36.4 Å². The van der Waals surface area contributed by atoms with Crippen LogP contribution in [0.2, 0.25) is 0 Å². The van der Waals surface area contributed by atoms with E-state index in [9.17, 15) is 4.79 Å². The summed E-state index contributed by atoms with van der Waals surface area (Å²) in [6, 6.07) is 16.9. The number of carbonyl (C=O) groups is 1. The van der Waals surface area contributed by atoms with Crippen molar-refractivity contribution in [3.05, 3.63) is 59.7 Å². The minimum Gasteiger partial charge on any atom is -0.493 e. The summed E-state index contributed by atoms with van der Waals surface area (Å²) in [5.41, 5.74) is 7.77. The monoisotopic (exact) mass is 439 g/mol. The quantitative estimate of drug-likeness (QED) is 0.620. The van der Waals surface area contributed by atoms with Crippen LogP contribution in [-0.4, -0.2) is 41.6 Å². The number of ether oxygens (including phenoxy) is 2. The second kappa shape index (κ2) is 9.92. The summed E-state index contributed by atoms with van der Waals surface area (Å²) in [6.07, 6.45) is 2.14. The number of nitrogens with one attached hydrogen (secondary N) is 1. The van der Waals surface area contributed by atoms with Crippen LogP contribution in [0.3, 0.4) is 0 Å². The van der Waals surface area contributed by atoms with Gasteiger partial charge in [-0.25, -0.2) is 0 Å². The van der Waals surface area contributed by atoms with E-state index >= 15 is 0 Å². The fraction of sp³-hybridized carbons (Fsp3) is 0.500. The molecule has 1 saturated heterocycles. The molecule has 1 fully saturated rings. The molecule has 3 N–H and O–H groups in total. The van der Waals surface area contributed by atoms with Crippen molar-refractivity contribution in [2.45, 2.75) is 70.7 Å². The molecule has 32 heavy (non-hydrogen) atoms. The third-order valence-electron chi connectivity index (χ3n) is 5.90. The first kappa shape index (κ1) is 24.1. The number of amides is 1. The van der Waals surface area contributed by atoms with Gasteiger partial charge >= 0.3 is 0 Å². The summed E-state index contributed by atoms with van der Waals surface area (Å²) < 4.78 is 11.0. The highest BCUT2D eigenvalue weighted by molar-refractivity contribution is 5.75. The van der Waals surface area contributed by atoms with Crippen LogP contribution in [0.4, 0.5) is 0 Å². The Morgan fingerprint density at radius 3 is 2.22 bits per heavy atom. The number of rotatable bonds is 9. The number of carbonyl (C=O) groups excluding carboxylic acids is 1. The summed E-state index contributed by atoms with van der Waals surface area (Å²) in [6.45, 7) is 10.6. The highest BCUT2D eigenvalue weighted by Crippen LogP contribution is 2.34. The fourth-order valence-electron chi connectivity index (χ4n) is 4.97. The Morgan fingerprint density at radius 2 is 1.62 bits per heavy atom. The molecule has 0 spiro atoms. The van der Waals surface area contributed by atoms with Crippen LogP contribution in [0.1, 0.15) is 51.7 Å². The molecule has 1 aliphatic heterocycles. The first-order valence-corrected chi connectivity index (χ1v) is 11.2. The molecule has 3 rings (SSSR count). The number of hydrogen-bond acceptors (Lipinski definition) is 5. The minimum absolute atomic E-state index is 0.0610. The Morgan fingerprint density at radius 1 is 1.00 bits per heavy atom. The second-order valence-electron chi connectivity index (χ2n) is 10.1. The van der Waals surface area contributed by atoms with Gasteiger partial charge in [-0.05, 0) is 63.8 Å². The standard InChI is InChI=1S/C26H37N3O3/c1-25(2)14-21(15-26(3,4)28-25)29(16-19-9-7-6-8-10-19)17-20-11-12-22(23(13-20)31-5)32-18-24(27)30/h6-13,21,28H,14-18H2,1-5H3,(H2,27,30). The van der Waals surface area contributed by atoms with Crippen LogP contribution in [-0.2, 0) is 17.9 Å².